The Morgan fingerprint density at radius 2 is 1.87 bits per heavy atom. The van der Waals surface area contributed by atoms with Gasteiger partial charge in [0.1, 0.15) is 5.01 Å². The number of anilines is 1. The first-order valence-corrected chi connectivity index (χ1v) is 9.10. The number of nitrogens with zero attached hydrogens (tertiary/aromatic N) is 2. The number of aryl methyl sites for hydroxylation is 1. The van der Waals surface area contributed by atoms with Crippen LogP contribution in [-0.2, 0) is 0 Å². The van der Waals surface area contributed by atoms with Gasteiger partial charge in [-0.25, -0.2) is 0 Å². The summed E-state index contributed by atoms with van der Waals surface area (Å²) < 4.78 is 0. The zero-order valence-electron chi connectivity index (χ0n) is 14.4. The fourth-order valence-electron chi connectivity index (χ4n) is 3.08. The molecule has 3 nitrogen and oxygen atoms in total. The normalized spacial score (nSPS) is 18.6. The van der Waals surface area contributed by atoms with E-state index in [1.54, 1.807) is 11.3 Å². The minimum absolute atomic E-state index is 0.0290. The molecule has 2 aromatic rings. The lowest BCUT2D eigenvalue weighted by molar-refractivity contribution is 0.319. The van der Waals surface area contributed by atoms with E-state index in [9.17, 15) is 0 Å². The van der Waals surface area contributed by atoms with Crippen LogP contribution in [0.5, 0.6) is 0 Å². The molecule has 1 N–H and O–H groups in total. The molecule has 0 fully saturated rings. The summed E-state index contributed by atoms with van der Waals surface area (Å²) in [5.41, 5.74) is 3.95. The van der Waals surface area contributed by atoms with Crippen molar-refractivity contribution in [1.82, 2.24) is 10.2 Å². The molecule has 0 saturated heterocycles. The van der Waals surface area contributed by atoms with Crippen molar-refractivity contribution >= 4 is 16.5 Å². The Hall–Kier alpha value is -1.68. The average Bonchev–Trinajstić information content (AvgIpc) is 2.96. The van der Waals surface area contributed by atoms with Crippen LogP contribution in [0.25, 0.3) is 10.6 Å². The van der Waals surface area contributed by atoms with E-state index in [0.717, 1.165) is 22.1 Å². The summed E-state index contributed by atoms with van der Waals surface area (Å²) in [6.07, 6.45) is 5.98. The first kappa shape index (κ1) is 16.2. The summed E-state index contributed by atoms with van der Waals surface area (Å²) in [5, 5.41) is 14.2. The summed E-state index contributed by atoms with van der Waals surface area (Å²) in [5.74, 6) is 0.637. The van der Waals surface area contributed by atoms with Crippen molar-refractivity contribution in [3.63, 3.8) is 0 Å². The predicted octanol–water partition coefficient (Wildman–Crippen LogP) is 5.45. The van der Waals surface area contributed by atoms with Crippen LogP contribution < -0.4 is 5.32 Å². The Kier molecular flexibility index (Phi) is 4.53. The van der Waals surface area contributed by atoms with Crippen molar-refractivity contribution in [3.05, 3.63) is 41.5 Å². The minimum Gasteiger partial charge on any atom is -0.355 e. The second kappa shape index (κ2) is 6.44. The van der Waals surface area contributed by atoms with Crippen LogP contribution in [0.4, 0.5) is 5.13 Å². The van der Waals surface area contributed by atoms with E-state index < -0.39 is 0 Å². The summed E-state index contributed by atoms with van der Waals surface area (Å²) in [6.45, 7) is 8.88. The number of hydrogen-bond donors (Lipinski definition) is 1. The van der Waals surface area contributed by atoms with Crippen LogP contribution in [0, 0.1) is 12.8 Å². The third-order valence-electron chi connectivity index (χ3n) is 4.81. The molecule has 1 aliphatic rings. The summed E-state index contributed by atoms with van der Waals surface area (Å²) >= 11 is 1.63. The van der Waals surface area contributed by atoms with Gasteiger partial charge in [-0.2, -0.15) is 0 Å². The SMILES string of the molecule is CC1=CC[C@H](C(C)(C)Nc2nnc(-c3ccc(C)cc3)s2)CC1. The van der Waals surface area contributed by atoms with Gasteiger partial charge in [0.05, 0.1) is 0 Å². The molecule has 1 atom stereocenters. The molecule has 3 rings (SSSR count). The van der Waals surface area contributed by atoms with Crippen LogP contribution in [0.1, 0.15) is 45.6 Å². The van der Waals surface area contributed by atoms with Crippen molar-refractivity contribution in [2.75, 3.05) is 5.32 Å². The van der Waals surface area contributed by atoms with Gasteiger partial charge < -0.3 is 5.32 Å². The van der Waals surface area contributed by atoms with Crippen LogP contribution >= 0.6 is 11.3 Å². The lowest BCUT2D eigenvalue weighted by atomic mass is 9.78. The lowest BCUT2D eigenvalue weighted by Crippen LogP contribution is -2.40. The molecule has 0 bridgehead atoms. The number of benzene rings is 1. The molecule has 1 aliphatic carbocycles. The quantitative estimate of drug-likeness (QED) is 0.759. The molecule has 1 aromatic carbocycles. The van der Waals surface area contributed by atoms with E-state index in [-0.39, 0.29) is 5.54 Å². The predicted molar refractivity (Wildman–Crippen MR) is 98.9 cm³/mol. The number of nitrogens with one attached hydrogen (secondary N) is 1. The van der Waals surface area contributed by atoms with Crippen LogP contribution in [-0.4, -0.2) is 15.7 Å². The van der Waals surface area contributed by atoms with Gasteiger partial charge in [0.25, 0.3) is 0 Å². The third-order valence-corrected chi connectivity index (χ3v) is 5.70. The van der Waals surface area contributed by atoms with E-state index >= 15 is 0 Å². The van der Waals surface area contributed by atoms with Gasteiger partial charge in [-0.15, -0.1) is 10.2 Å². The monoisotopic (exact) mass is 327 g/mol. The van der Waals surface area contributed by atoms with Crippen LogP contribution in [0.15, 0.2) is 35.9 Å². The van der Waals surface area contributed by atoms with Gasteiger partial charge in [0, 0.05) is 11.1 Å². The lowest BCUT2D eigenvalue weighted by Gasteiger charge is -2.36. The fourth-order valence-corrected chi connectivity index (χ4v) is 4.00. The molecule has 0 radical (unpaired) electrons. The largest absolute Gasteiger partial charge is 0.355 e. The van der Waals surface area contributed by atoms with Gasteiger partial charge >= 0.3 is 0 Å². The van der Waals surface area contributed by atoms with Gasteiger partial charge in [-0.1, -0.05) is 52.8 Å². The number of aromatic nitrogens is 2. The standard InChI is InChI=1S/C19H25N3S/c1-13-5-9-15(10-6-13)17-21-22-18(23-17)20-19(3,4)16-11-7-14(2)8-12-16/h5-7,9-10,16H,8,11-12H2,1-4H3,(H,20,22)/t16-/m0/s1. The van der Waals surface area contributed by atoms with Crippen LogP contribution in [0.3, 0.4) is 0 Å². The van der Waals surface area contributed by atoms with Gasteiger partial charge in [0.2, 0.25) is 5.13 Å². The van der Waals surface area contributed by atoms with Crippen molar-refractivity contribution in [3.8, 4) is 10.6 Å². The molecule has 1 heterocycles. The number of hydrogen-bond acceptors (Lipinski definition) is 4. The Labute approximate surface area is 142 Å². The van der Waals surface area contributed by atoms with E-state index in [2.05, 4.69) is 73.6 Å². The van der Waals surface area contributed by atoms with Gasteiger partial charge in [-0.05, 0) is 52.9 Å². The molecule has 0 amide bonds. The Balaban J connectivity index is 1.72. The molecule has 0 saturated carbocycles. The van der Waals surface area contributed by atoms with Crippen molar-refractivity contribution in [2.45, 2.75) is 52.5 Å². The number of allylic oxidation sites excluding steroid dienone is 2. The molecule has 4 heteroatoms. The maximum Gasteiger partial charge on any atom is 0.206 e. The Morgan fingerprint density at radius 1 is 1.13 bits per heavy atom. The second-order valence-corrected chi connectivity index (χ2v) is 8.12. The second-order valence-electron chi connectivity index (χ2n) is 7.15. The fraction of sp³-hybridized carbons (Fsp3) is 0.474. The highest BCUT2D eigenvalue weighted by Gasteiger charge is 2.31. The molecular weight excluding hydrogens is 302 g/mol. The molecule has 0 unspecified atom stereocenters. The maximum atomic E-state index is 4.35. The van der Waals surface area contributed by atoms with Gasteiger partial charge in [-0.3, -0.25) is 0 Å². The van der Waals surface area contributed by atoms with Crippen molar-refractivity contribution < 1.29 is 0 Å². The highest BCUT2D eigenvalue weighted by atomic mass is 32.1. The molecule has 23 heavy (non-hydrogen) atoms. The van der Waals surface area contributed by atoms with E-state index in [1.807, 2.05) is 0 Å². The summed E-state index contributed by atoms with van der Waals surface area (Å²) in [6, 6.07) is 8.45. The molecular formula is C19H25N3S. The zero-order chi connectivity index (χ0) is 16.4. The third kappa shape index (κ3) is 3.81. The molecule has 1 aromatic heterocycles. The first-order valence-electron chi connectivity index (χ1n) is 8.28. The molecule has 0 aliphatic heterocycles. The van der Waals surface area contributed by atoms with E-state index in [4.69, 9.17) is 0 Å². The Bertz CT molecular complexity index is 698. The maximum absolute atomic E-state index is 4.35. The zero-order valence-corrected chi connectivity index (χ0v) is 15.2. The Morgan fingerprint density at radius 3 is 2.52 bits per heavy atom. The topological polar surface area (TPSA) is 37.8 Å². The minimum atomic E-state index is 0.0290. The molecule has 122 valence electrons. The highest BCUT2D eigenvalue weighted by molar-refractivity contribution is 7.18. The summed E-state index contributed by atoms with van der Waals surface area (Å²) in [7, 11) is 0. The highest BCUT2D eigenvalue weighted by Crippen LogP contribution is 2.35. The van der Waals surface area contributed by atoms with Crippen molar-refractivity contribution in [2.24, 2.45) is 5.92 Å². The average molecular weight is 327 g/mol. The van der Waals surface area contributed by atoms with Gasteiger partial charge in [0.15, 0.2) is 0 Å². The van der Waals surface area contributed by atoms with Crippen LogP contribution in [0.2, 0.25) is 0 Å². The summed E-state index contributed by atoms with van der Waals surface area (Å²) in [4.78, 5) is 0. The first-order chi connectivity index (χ1) is 10.9. The van der Waals surface area contributed by atoms with Crippen molar-refractivity contribution in [1.29, 1.82) is 0 Å². The smallest absolute Gasteiger partial charge is 0.206 e. The van der Waals surface area contributed by atoms with E-state index in [0.29, 0.717) is 5.92 Å². The number of rotatable bonds is 4. The molecule has 0 spiro atoms. The van der Waals surface area contributed by atoms with E-state index in [1.165, 1.54) is 24.0 Å².